The Hall–Kier alpha value is -3.22. The first-order chi connectivity index (χ1) is 13.2. The Kier molecular flexibility index (Phi) is 3.50. The van der Waals surface area contributed by atoms with Crippen molar-refractivity contribution in [3.8, 4) is 28.1 Å². The van der Waals surface area contributed by atoms with Gasteiger partial charge in [0, 0.05) is 28.8 Å². The van der Waals surface area contributed by atoms with E-state index >= 15 is 0 Å². The second-order valence-corrected chi connectivity index (χ2v) is 6.61. The third kappa shape index (κ3) is 2.34. The van der Waals surface area contributed by atoms with Crippen LogP contribution in [0.5, 0.6) is 5.75 Å². The highest BCUT2D eigenvalue weighted by molar-refractivity contribution is 5.90. The van der Waals surface area contributed by atoms with E-state index in [9.17, 15) is 8.78 Å². The molecule has 27 heavy (non-hydrogen) atoms. The first kappa shape index (κ1) is 16.0. The van der Waals surface area contributed by atoms with E-state index in [0.717, 1.165) is 47.1 Å². The molecule has 5 nitrogen and oxygen atoms in total. The lowest BCUT2D eigenvalue weighted by Crippen LogP contribution is -1.98. The summed E-state index contributed by atoms with van der Waals surface area (Å²) >= 11 is 0. The maximum atomic E-state index is 15.0. The number of aryl methyl sites for hydroxylation is 1. The van der Waals surface area contributed by atoms with E-state index in [0.29, 0.717) is 5.69 Å². The lowest BCUT2D eigenvalue weighted by Gasteiger charge is -2.10. The Labute approximate surface area is 153 Å². The summed E-state index contributed by atoms with van der Waals surface area (Å²) in [7, 11) is 1.26. The number of H-pyrrole nitrogens is 1. The predicted octanol–water partition coefficient (Wildman–Crippen LogP) is 4.33. The summed E-state index contributed by atoms with van der Waals surface area (Å²) < 4.78 is 35.6. The molecule has 7 heteroatoms. The normalized spacial score (nSPS) is 13.3. The third-order valence-electron chi connectivity index (χ3n) is 5.08. The molecule has 2 aromatic carbocycles. The fourth-order valence-corrected chi connectivity index (χ4v) is 3.82. The molecular weight excluding hydrogens is 350 g/mol. The molecule has 1 aliphatic rings. The second-order valence-electron chi connectivity index (χ2n) is 6.61. The van der Waals surface area contributed by atoms with E-state index in [1.165, 1.54) is 19.2 Å². The van der Waals surface area contributed by atoms with Gasteiger partial charge in [-0.3, -0.25) is 9.78 Å². The molecule has 0 fully saturated rings. The summed E-state index contributed by atoms with van der Waals surface area (Å²) in [6.07, 6.45) is 3.62. The highest BCUT2D eigenvalue weighted by Crippen LogP contribution is 2.41. The number of aromatic nitrogens is 4. The number of aromatic amines is 1. The van der Waals surface area contributed by atoms with Crippen LogP contribution in [-0.2, 0) is 13.0 Å². The number of benzene rings is 2. The van der Waals surface area contributed by atoms with Gasteiger partial charge >= 0.3 is 0 Å². The fraction of sp³-hybridized carbons (Fsp3) is 0.200. The molecule has 136 valence electrons. The van der Waals surface area contributed by atoms with E-state index in [2.05, 4.69) is 15.3 Å². The average Bonchev–Trinajstić information content (AvgIpc) is 3.36. The molecule has 0 bridgehead atoms. The maximum absolute atomic E-state index is 15.0. The molecule has 1 aliphatic heterocycles. The van der Waals surface area contributed by atoms with Crippen molar-refractivity contribution in [3.63, 3.8) is 0 Å². The molecule has 0 saturated carbocycles. The Morgan fingerprint density at radius 1 is 1.19 bits per heavy atom. The fourth-order valence-electron chi connectivity index (χ4n) is 3.82. The molecule has 4 aromatic rings. The molecule has 0 aliphatic carbocycles. The lowest BCUT2D eigenvalue weighted by molar-refractivity contribution is 0.360. The highest BCUT2D eigenvalue weighted by Gasteiger charge is 2.27. The van der Waals surface area contributed by atoms with E-state index in [-0.39, 0.29) is 5.56 Å². The van der Waals surface area contributed by atoms with Gasteiger partial charge in [-0.25, -0.2) is 8.78 Å². The van der Waals surface area contributed by atoms with Gasteiger partial charge in [-0.2, -0.15) is 10.2 Å². The smallest absolute Gasteiger partial charge is 0.191 e. The van der Waals surface area contributed by atoms with Crippen molar-refractivity contribution >= 4 is 10.9 Å². The SMILES string of the molecule is COc1c(F)ccc(-c2nn3c(c2-c2ccc4[nH]ncc4c2)CCC3)c1F. The molecule has 0 saturated heterocycles. The second kappa shape index (κ2) is 5.90. The minimum Gasteiger partial charge on any atom is -0.491 e. The van der Waals surface area contributed by atoms with Crippen LogP contribution in [0.25, 0.3) is 33.3 Å². The molecular formula is C20H16F2N4O. The van der Waals surface area contributed by atoms with E-state index in [1.807, 2.05) is 22.9 Å². The highest BCUT2D eigenvalue weighted by atomic mass is 19.1. The van der Waals surface area contributed by atoms with Crippen LogP contribution < -0.4 is 4.74 Å². The van der Waals surface area contributed by atoms with Crippen LogP contribution in [0.1, 0.15) is 12.1 Å². The van der Waals surface area contributed by atoms with E-state index < -0.39 is 17.4 Å². The minimum atomic E-state index is -0.736. The van der Waals surface area contributed by atoms with Crippen molar-refractivity contribution in [1.82, 2.24) is 20.0 Å². The van der Waals surface area contributed by atoms with Crippen LogP contribution in [0.4, 0.5) is 8.78 Å². The average molecular weight is 366 g/mol. The predicted molar refractivity (Wildman–Crippen MR) is 97.5 cm³/mol. The number of ether oxygens (including phenoxy) is 1. The number of rotatable bonds is 3. The zero-order chi connectivity index (χ0) is 18.5. The Morgan fingerprint density at radius 2 is 2.07 bits per heavy atom. The number of nitrogens with one attached hydrogen (secondary N) is 1. The molecule has 2 aromatic heterocycles. The van der Waals surface area contributed by atoms with Crippen molar-refractivity contribution in [2.45, 2.75) is 19.4 Å². The molecule has 3 heterocycles. The monoisotopic (exact) mass is 366 g/mol. The summed E-state index contributed by atoms with van der Waals surface area (Å²) in [6.45, 7) is 0.788. The van der Waals surface area contributed by atoms with Crippen molar-refractivity contribution in [2.24, 2.45) is 0 Å². The van der Waals surface area contributed by atoms with Gasteiger partial charge in [0.1, 0.15) is 5.69 Å². The van der Waals surface area contributed by atoms with Crippen LogP contribution in [0.3, 0.4) is 0 Å². The summed E-state index contributed by atoms with van der Waals surface area (Å²) in [4.78, 5) is 0. The molecule has 0 radical (unpaired) electrons. The van der Waals surface area contributed by atoms with Gasteiger partial charge in [-0.1, -0.05) is 6.07 Å². The Bertz CT molecular complexity index is 1180. The van der Waals surface area contributed by atoms with Crippen molar-refractivity contribution in [1.29, 1.82) is 0 Å². The standard InChI is InChI=1S/C20H16F2N4O/c1-27-20-14(21)6-5-13(18(20)22)19-17(16-3-2-8-26(16)25-19)11-4-7-15-12(9-11)10-23-24-15/h4-7,9-10H,2-3,8H2,1H3,(H,23,24). The lowest BCUT2D eigenvalue weighted by atomic mass is 9.96. The van der Waals surface area contributed by atoms with Crippen molar-refractivity contribution in [2.75, 3.05) is 7.11 Å². The van der Waals surface area contributed by atoms with Crippen LogP contribution >= 0.6 is 0 Å². The number of fused-ring (bicyclic) bond motifs is 2. The van der Waals surface area contributed by atoms with Crippen LogP contribution in [0, 0.1) is 11.6 Å². The summed E-state index contributed by atoms with van der Waals surface area (Å²) in [5.41, 5.74) is 4.54. The summed E-state index contributed by atoms with van der Waals surface area (Å²) in [5.74, 6) is -1.86. The molecule has 1 N–H and O–H groups in total. The molecule has 0 unspecified atom stereocenters. The van der Waals surface area contributed by atoms with E-state index in [1.54, 1.807) is 6.20 Å². The topological polar surface area (TPSA) is 55.7 Å². The van der Waals surface area contributed by atoms with Crippen LogP contribution in [-0.4, -0.2) is 27.1 Å². The van der Waals surface area contributed by atoms with Gasteiger partial charge in [-0.05, 0) is 42.7 Å². The Morgan fingerprint density at radius 3 is 2.93 bits per heavy atom. The zero-order valence-electron chi connectivity index (χ0n) is 14.6. The van der Waals surface area contributed by atoms with Gasteiger partial charge in [0.15, 0.2) is 17.4 Å². The third-order valence-corrected chi connectivity index (χ3v) is 5.08. The van der Waals surface area contributed by atoms with Gasteiger partial charge in [0.2, 0.25) is 0 Å². The summed E-state index contributed by atoms with van der Waals surface area (Å²) in [5, 5.41) is 12.6. The number of halogens is 2. The molecule has 0 atom stereocenters. The number of methoxy groups -OCH3 is 1. The van der Waals surface area contributed by atoms with Gasteiger partial charge in [0.05, 0.1) is 18.8 Å². The van der Waals surface area contributed by atoms with E-state index in [4.69, 9.17) is 4.74 Å². The van der Waals surface area contributed by atoms with Crippen molar-refractivity contribution in [3.05, 3.63) is 53.9 Å². The number of nitrogens with zero attached hydrogens (tertiary/aromatic N) is 3. The quantitative estimate of drug-likeness (QED) is 0.587. The summed E-state index contributed by atoms with van der Waals surface area (Å²) in [6, 6.07) is 8.56. The van der Waals surface area contributed by atoms with Gasteiger partial charge < -0.3 is 4.74 Å². The zero-order valence-corrected chi connectivity index (χ0v) is 14.6. The largest absolute Gasteiger partial charge is 0.491 e. The first-order valence-electron chi connectivity index (χ1n) is 8.73. The van der Waals surface area contributed by atoms with Crippen LogP contribution in [0.2, 0.25) is 0 Å². The number of hydrogen-bond acceptors (Lipinski definition) is 3. The maximum Gasteiger partial charge on any atom is 0.191 e. The molecule has 0 spiro atoms. The Balaban J connectivity index is 1.77. The molecule has 5 rings (SSSR count). The van der Waals surface area contributed by atoms with Gasteiger partial charge in [0.25, 0.3) is 0 Å². The molecule has 0 amide bonds. The first-order valence-corrected chi connectivity index (χ1v) is 8.73. The minimum absolute atomic E-state index is 0.234. The van der Waals surface area contributed by atoms with Gasteiger partial charge in [-0.15, -0.1) is 0 Å². The number of hydrogen-bond donors (Lipinski definition) is 1. The van der Waals surface area contributed by atoms with Crippen molar-refractivity contribution < 1.29 is 13.5 Å². The van der Waals surface area contributed by atoms with Crippen LogP contribution in [0.15, 0.2) is 36.5 Å².